The monoisotopic (exact) mass is 429 g/mol. The van der Waals surface area contributed by atoms with E-state index in [1.165, 1.54) is 32.1 Å². The Labute approximate surface area is 188 Å². The molecule has 0 spiro atoms. The fourth-order valence-electron chi connectivity index (χ4n) is 7.37. The number of hydrogen-bond donors (Lipinski definition) is 3. The lowest BCUT2D eigenvalue weighted by Crippen LogP contribution is -2.40. The zero-order chi connectivity index (χ0) is 22.4. The molecule has 4 fully saturated rings. The van der Waals surface area contributed by atoms with Crippen LogP contribution in [0.25, 0.3) is 0 Å². The Kier molecular flexibility index (Phi) is 6.58. The van der Waals surface area contributed by atoms with Crippen LogP contribution in [0.2, 0.25) is 0 Å². The van der Waals surface area contributed by atoms with Crippen molar-refractivity contribution in [1.82, 2.24) is 4.90 Å². The molecule has 4 nitrogen and oxygen atoms in total. The van der Waals surface area contributed by atoms with E-state index in [4.69, 9.17) is 0 Å². The molecular formula is C27H43NO3. The third-order valence-corrected chi connectivity index (χ3v) is 9.10. The minimum absolute atomic E-state index is 0.365. The van der Waals surface area contributed by atoms with Gasteiger partial charge >= 0.3 is 0 Å². The van der Waals surface area contributed by atoms with Crippen molar-refractivity contribution in [2.24, 2.45) is 23.2 Å². The van der Waals surface area contributed by atoms with Gasteiger partial charge in [-0.1, -0.05) is 43.7 Å². The Balaban J connectivity index is 1.44. The van der Waals surface area contributed by atoms with E-state index in [9.17, 15) is 15.3 Å². The molecule has 31 heavy (non-hydrogen) atoms. The maximum Gasteiger partial charge on any atom is 0.0809 e. The van der Waals surface area contributed by atoms with Crippen LogP contribution in [0.1, 0.15) is 72.1 Å². The van der Waals surface area contributed by atoms with Gasteiger partial charge in [-0.15, -0.1) is 0 Å². The number of likely N-dealkylation sites (tertiary alicyclic amines) is 1. The number of aliphatic hydroxyl groups excluding tert-OH is 2. The number of nitrogens with zero attached hydrogens (tertiary/aromatic N) is 1. The third kappa shape index (κ3) is 4.73. The first-order valence-corrected chi connectivity index (χ1v) is 12.5. The largest absolute Gasteiger partial charge is 0.389 e. The van der Waals surface area contributed by atoms with E-state index in [1.807, 2.05) is 6.92 Å². The first kappa shape index (κ1) is 23.2. The molecule has 4 rings (SSSR count). The van der Waals surface area contributed by atoms with Crippen molar-refractivity contribution in [2.75, 3.05) is 19.6 Å². The number of rotatable bonds is 4. The van der Waals surface area contributed by atoms with Gasteiger partial charge in [-0.3, -0.25) is 0 Å². The molecule has 7 atom stereocenters. The second kappa shape index (κ2) is 8.78. The summed E-state index contributed by atoms with van der Waals surface area (Å²) >= 11 is 0. The Morgan fingerprint density at radius 3 is 2.48 bits per heavy atom. The van der Waals surface area contributed by atoms with Crippen LogP contribution < -0.4 is 0 Å². The SMILES string of the molecule is C=C1[C@H](O)CC(=C/C=C2\CCC[C@]3(C)[C@@H]([C@H](C)CN4CC[C@](C)(O)C4)CC[C@@H]23)C[C@@H]1O. The second-order valence-corrected chi connectivity index (χ2v) is 11.6. The summed E-state index contributed by atoms with van der Waals surface area (Å²) in [5.41, 5.74) is 3.12. The molecule has 0 aromatic heterocycles. The number of β-amino-alcohol motifs (C(OH)–C–C–N with tert-alkyl or cyclic N) is 1. The van der Waals surface area contributed by atoms with Crippen molar-refractivity contribution >= 4 is 0 Å². The van der Waals surface area contributed by atoms with Crippen LogP contribution in [-0.2, 0) is 0 Å². The average molecular weight is 430 g/mol. The molecule has 4 aliphatic rings. The van der Waals surface area contributed by atoms with Crippen molar-refractivity contribution in [1.29, 1.82) is 0 Å². The highest BCUT2D eigenvalue weighted by molar-refractivity contribution is 5.29. The first-order chi connectivity index (χ1) is 14.6. The number of hydrogen-bond acceptors (Lipinski definition) is 4. The van der Waals surface area contributed by atoms with Gasteiger partial charge in [0.15, 0.2) is 0 Å². The van der Waals surface area contributed by atoms with Crippen molar-refractivity contribution in [2.45, 2.75) is 89.9 Å². The zero-order valence-corrected chi connectivity index (χ0v) is 19.8. The van der Waals surface area contributed by atoms with Crippen molar-refractivity contribution in [3.63, 3.8) is 0 Å². The summed E-state index contributed by atoms with van der Waals surface area (Å²) < 4.78 is 0. The van der Waals surface area contributed by atoms with Crippen LogP contribution in [0.15, 0.2) is 35.5 Å². The molecule has 1 aliphatic heterocycles. The van der Waals surface area contributed by atoms with Crippen LogP contribution in [0, 0.1) is 23.2 Å². The highest BCUT2D eigenvalue weighted by Gasteiger charge is 2.51. The van der Waals surface area contributed by atoms with E-state index in [1.54, 1.807) is 5.57 Å². The predicted molar refractivity (Wildman–Crippen MR) is 126 cm³/mol. The Hall–Kier alpha value is -0.940. The summed E-state index contributed by atoms with van der Waals surface area (Å²) in [5.74, 6) is 2.04. The second-order valence-electron chi connectivity index (χ2n) is 11.6. The minimum atomic E-state index is -0.618. The smallest absolute Gasteiger partial charge is 0.0809 e. The van der Waals surface area contributed by atoms with Crippen LogP contribution >= 0.6 is 0 Å². The van der Waals surface area contributed by atoms with E-state index >= 15 is 0 Å². The molecule has 0 radical (unpaired) electrons. The number of allylic oxidation sites excluding steroid dienone is 3. The van der Waals surface area contributed by atoms with Crippen molar-refractivity contribution in [3.8, 4) is 0 Å². The first-order valence-electron chi connectivity index (χ1n) is 12.5. The molecule has 174 valence electrons. The molecule has 3 aliphatic carbocycles. The Morgan fingerprint density at radius 1 is 1.13 bits per heavy atom. The van der Waals surface area contributed by atoms with Crippen LogP contribution in [0.5, 0.6) is 0 Å². The fraction of sp³-hybridized carbons (Fsp3) is 0.778. The molecule has 0 unspecified atom stereocenters. The summed E-state index contributed by atoms with van der Waals surface area (Å²) in [5, 5.41) is 30.6. The molecule has 0 aromatic carbocycles. The van der Waals surface area contributed by atoms with Gasteiger partial charge in [0.1, 0.15) is 0 Å². The van der Waals surface area contributed by atoms with Crippen molar-refractivity contribution < 1.29 is 15.3 Å². The maximum atomic E-state index is 10.3. The van der Waals surface area contributed by atoms with Gasteiger partial charge < -0.3 is 20.2 Å². The molecular weight excluding hydrogens is 386 g/mol. The molecule has 0 amide bonds. The highest BCUT2D eigenvalue weighted by Crippen LogP contribution is 2.59. The van der Waals surface area contributed by atoms with E-state index in [-0.39, 0.29) is 0 Å². The van der Waals surface area contributed by atoms with Gasteiger partial charge in [0.05, 0.1) is 17.8 Å². The molecule has 0 aromatic rings. The predicted octanol–water partition coefficient (Wildman–Crippen LogP) is 4.22. The van der Waals surface area contributed by atoms with Gasteiger partial charge in [-0.25, -0.2) is 0 Å². The Morgan fingerprint density at radius 2 is 1.84 bits per heavy atom. The lowest BCUT2D eigenvalue weighted by Gasteiger charge is -2.45. The molecule has 1 heterocycles. The van der Waals surface area contributed by atoms with Gasteiger partial charge in [0.2, 0.25) is 0 Å². The topological polar surface area (TPSA) is 63.9 Å². The molecule has 0 bridgehead atoms. The van der Waals surface area contributed by atoms with Crippen LogP contribution in [-0.4, -0.2) is 57.7 Å². The zero-order valence-electron chi connectivity index (χ0n) is 19.8. The Bertz CT molecular complexity index is 738. The third-order valence-electron chi connectivity index (χ3n) is 9.10. The van der Waals surface area contributed by atoms with Gasteiger partial charge in [-0.05, 0) is 87.0 Å². The molecule has 1 saturated heterocycles. The van der Waals surface area contributed by atoms with Crippen LogP contribution in [0.4, 0.5) is 0 Å². The summed E-state index contributed by atoms with van der Waals surface area (Å²) in [7, 11) is 0. The lowest BCUT2D eigenvalue weighted by molar-refractivity contribution is 0.0549. The van der Waals surface area contributed by atoms with Crippen LogP contribution in [0.3, 0.4) is 0 Å². The fourth-order valence-corrected chi connectivity index (χ4v) is 7.37. The molecule has 4 heteroatoms. The quantitative estimate of drug-likeness (QED) is 0.586. The summed E-state index contributed by atoms with van der Waals surface area (Å²) in [6, 6.07) is 0. The van der Waals surface area contributed by atoms with Gasteiger partial charge in [0.25, 0.3) is 0 Å². The average Bonchev–Trinajstić information content (AvgIpc) is 3.22. The molecule has 3 saturated carbocycles. The minimum Gasteiger partial charge on any atom is -0.389 e. The van der Waals surface area contributed by atoms with E-state index in [0.717, 1.165) is 37.5 Å². The molecule has 3 N–H and O–H groups in total. The lowest BCUT2D eigenvalue weighted by atomic mass is 9.61. The van der Waals surface area contributed by atoms with E-state index < -0.39 is 17.8 Å². The highest BCUT2D eigenvalue weighted by atomic mass is 16.3. The summed E-state index contributed by atoms with van der Waals surface area (Å²) in [6.07, 6.45) is 11.7. The van der Waals surface area contributed by atoms with E-state index in [0.29, 0.717) is 35.7 Å². The van der Waals surface area contributed by atoms with E-state index in [2.05, 4.69) is 37.5 Å². The number of aliphatic hydroxyl groups is 3. The van der Waals surface area contributed by atoms with Crippen molar-refractivity contribution in [3.05, 3.63) is 35.5 Å². The van der Waals surface area contributed by atoms with Gasteiger partial charge in [0, 0.05) is 19.6 Å². The standard InChI is InChI=1S/C27H43NO3/c1-18(16-28-13-12-26(3,31)17-28)22-9-10-23-21(6-5-11-27(22,23)4)8-7-20-14-24(29)19(2)25(30)15-20/h7-8,18,22-25,29-31H,2,5-6,9-17H2,1,3-4H3/b20-7?,21-8+/t18-,22-,23+,24-,25+,26+,27-/m1/s1. The number of fused-ring (bicyclic) bond motifs is 1. The van der Waals surface area contributed by atoms with Gasteiger partial charge in [-0.2, -0.15) is 0 Å². The summed E-state index contributed by atoms with van der Waals surface area (Å²) in [4.78, 5) is 2.47. The normalized spacial score (nSPS) is 45.4. The summed E-state index contributed by atoms with van der Waals surface area (Å²) in [6.45, 7) is 13.7. The maximum absolute atomic E-state index is 10.3.